The summed E-state index contributed by atoms with van der Waals surface area (Å²) in [7, 11) is 1.64. The number of hydrogen-bond donors (Lipinski definition) is 2. The average molecular weight is 353 g/mol. The van der Waals surface area contributed by atoms with E-state index >= 15 is 0 Å². The van der Waals surface area contributed by atoms with Crippen molar-refractivity contribution in [3.8, 4) is 5.75 Å². The van der Waals surface area contributed by atoms with Gasteiger partial charge in [0.05, 0.1) is 7.11 Å². The fourth-order valence-electron chi connectivity index (χ4n) is 3.21. The number of amides is 2. The molecule has 0 saturated carbocycles. The molecule has 1 heterocycles. The van der Waals surface area contributed by atoms with Crippen molar-refractivity contribution >= 4 is 6.03 Å². The molecule has 1 aliphatic rings. The first kappa shape index (κ1) is 18.3. The van der Waals surface area contributed by atoms with E-state index in [9.17, 15) is 4.79 Å². The van der Waals surface area contributed by atoms with E-state index in [1.807, 2.05) is 24.3 Å². The molecular weight excluding hydrogens is 326 g/mol. The van der Waals surface area contributed by atoms with Crippen LogP contribution in [0.25, 0.3) is 0 Å². The Bertz CT molecular complexity index is 709. The van der Waals surface area contributed by atoms with E-state index in [-0.39, 0.29) is 6.03 Å². The highest BCUT2D eigenvalue weighted by molar-refractivity contribution is 5.73. The number of hydrogen-bond acceptors (Lipinski definition) is 3. The Morgan fingerprint density at radius 1 is 0.962 bits per heavy atom. The van der Waals surface area contributed by atoms with Gasteiger partial charge in [-0.1, -0.05) is 36.4 Å². The highest BCUT2D eigenvalue weighted by Gasteiger charge is 2.11. The summed E-state index contributed by atoms with van der Waals surface area (Å²) in [6.07, 6.45) is 2.60. The van der Waals surface area contributed by atoms with Crippen LogP contribution in [0.2, 0.25) is 0 Å². The van der Waals surface area contributed by atoms with Crippen molar-refractivity contribution in [3.63, 3.8) is 0 Å². The third kappa shape index (κ3) is 5.49. The van der Waals surface area contributed by atoms with Gasteiger partial charge in [-0.15, -0.1) is 0 Å². The molecule has 5 nitrogen and oxygen atoms in total. The van der Waals surface area contributed by atoms with Gasteiger partial charge in [-0.2, -0.15) is 0 Å². The summed E-state index contributed by atoms with van der Waals surface area (Å²) in [6, 6.07) is 16.0. The lowest BCUT2D eigenvalue weighted by atomic mass is 10.1. The highest BCUT2D eigenvalue weighted by atomic mass is 16.5. The Morgan fingerprint density at radius 2 is 1.62 bits per heavy atom. The van der Waals surface area contributed by atoms with E-state index in [0.717, 1.165) is 23.4 Å². The zero-order chi connectivity index (χ0) is 18.2. The topological polar surface area (TPSA) is 53.6 Å². The van der Waals surface area contributed by atoms with Gasteiger partial charge in [0.15, 0.2) is 0 Å². The molecule has 2 aromatic carbocycles. The second kappa shape index (κ2) is 9.25. The van der Waals surface area contributed by atoms with Crippen LogP contribution >= 0.6 is 0 Å². The van der Waals surface area contributed by atoms with Crippen LogP contribution in [0, 0.1) is 0 Å². The van der Waals surface area contributed by atoms with Crippen molar-refractivity contribution < 1.29 is 9.53 Å². The quantitative estimate of drug-likeness (QED) is 0.803. The number of carbonyl (C=O) groups excluding carboxylic acids is 1. The van der Waals surface area contributed by atoms with Crippen LogP contribution in [-0.2, 0) is 19.6 Å². The van der Waals surface area contributed by atoms with Gasteiger partial charge >= 0.3 is 6.03 Å². The predicted molar refractivity (Wildman–Crippen MR) is 103 cm³/mol. The fraction of sp³-hybridized carbons (Fsp3) is 0.381. The molecule has 1 aliphatic heterocycles. The summed E-state index contributed by atoms with van der Waals surface area (Å²) >= 11 is 0. The van der Waals surface area contributed by atoms with Gasteiger partial charge in [0.25, 0.3) is 0 Å². The average Bonchev–Trinajstić information content (AvgIpc) is 3.18. The SMILES string of the molecule is COc1ccc(CNC(=O)NCc2cccc(CN3CCCC3)c2)cc1. The van der Waals surface area contributed by atoms with Gasteiger partial charge in [-0.3, -0.25) is 4.90 Å². The largest absolute Gasteiger partial charge is 0.497 e. The van der Waals surface area contributed by atoms with Crippen LogP contribution in [0.5, 0.6) is 5.75 Å². The molecule has 26 heavy (non-hydrogen) atoms. The summed E-state index contributed by atoms with van der Waals surface area (Å²) in [5.41, 5.74) is 3.47. The second-order valence-corrected chi connectivity index (χ2v) is 6.69. The van der Waals surface area contributed by atoms with Crippen molar-refractivity contribution in [2.24, 2.45) is 0 Å². The van der Waals surface area contributed by atoms with Crippen molar-refractivity contribution in [3.05, 3.63) is 65.2 Å². The lowest BCUT2D eigenvalue weighted by Crippen LogP contribution is -2.34. The Hall–Kier alpha value is -2.53. The first-order valence-corrected chi connectivity index (χ1v) is 9.18. The maximum atomic E-state index is 12.0. The van der Waals surface area contributed by atoms with Gasteiger partial charge in [0.2, 0.25) is 0 Å². The zero-order valence-electron chi connectivity index (χ0n) is 15.3. The van der Waals surface area contributed by atoms with E-state index < -0.39 is 0 Å². The molecule has 0 bridgehead atoms. The summed E-state index contributed by atoms with van der Waals surface area (Å²) in [5.74, 6) is 0.812. The lowest BCUT2D eigenvalue weighted by molar-refractivity contribution is 0.240. The number of ether oxygens (including phenoxy) is 1. The predicted octanol–water partition coefficient (Wildman–Crippen LogP) is 3.29. The number of likely N-dealkylation sites (tertiary alicyclic amines) is 1. The Kier molecular flexibility index (Phi) is 6.50. The van der Waals surface area contributed by atoms with Gasteiger partial charge in [-0.25, -0.2) is 4.79 Å². The molecular formula is C21H27N3O2. The number of urea groups is 1. The molecule has 138 valence electrons. The third-order valence-electron chi connectivity index (χ3n) is 4.66. The first-order valence-electron chi connectivity index (χ1n) is 9.18. The molecule has 5 heteroatoms. The molecule has 0 aromatic heterocycles. The lowest BCUT2D eigenvalue weighted by Gasteiger charge is -2.15. The maximum Gasteiger partial charge on any atom is 0.315 e. The molecule has 1 fully saturated rings. The molecule has 0 unspecified atom stereocenters. The molecule has 0 spiro atoms. The van der Waals surface area contributed by atoms with E-state index in [2.05, 4.69) is 39.8 Å². The van der Waals surface area contributed by atoms with Crippen LogP contribution in [0.1, 0.15) is 29.5 Å². The van der Waals surface area contributed by atoms with Crippen LogP contribution in [0.3, 0.4) is 0 Å². The first-order chi connectivity index (χ1) is 12.7. The van der Waals surface area contributed by atoms with E-state index in [1.54, 1.807) is 7.11 Å². The van der Waals surface area contributed by atoms with Gasteiger partial charge in [0.1, 0.15) is 5.75 Å². The Labute approximate surface area is 155 Å². The molecule has 3 rings (SSSR count). The third-order valence-corrected chi connectivity index (χ3v) is 4.66. The molecule has 2 aromatic rings. The second-order valence-electron chi connectivity index (χ2n) is 6.69. The summed E-state index contributed by atoms with van der Waals surface area (Å²) in [5, 5.41) is 5.81. The Balaban J connectivity index is 1.43. The molecule has 2 N–H and O–H groups in total. The van der Waals surface area contributed by atoms with Gasteiger partial charge in [-0.05, 0) is 54.8 Å². The van der Waals surface area contributed by atoms with E-state index in [1.165, 1.54) is 31.5 Å². The minimum atomic E-state index is -0.161. The monoisotopic (exact) mass is 353 g/mol. The van der Waals surface area contributed by atoms with Crippen LogP contribution in [-0.4, -0.2) is 31.1 Å². The van der Waals surface area contributed by atoms with E-state index in [4.69, 9.17) is 4.74 Å². The number of benzene rings is 2. The maximum absolute atomic E-state index is 12.0. The van der Waals surface area contributed by atoms with Crippen molar-refractivity contribution in [2.45, 2.75) is 32.5 Å². The number of rotatable bonds is 7. The number of nitrogens with zero attached hydrogens (tertiary/aromatic N) is 1. The molecule has 2 amide bonds. The standard InChI is InChI=1S/C21H27N3O2/c1-26-20-9-7-17(8-10-20)14-22-21(25)23-15-18-5-4-6-19(13-18)16-24-11-2-3-12-24/h4-10,13H,2-3,11-12,14-16H2,1H3,(H2,22,23,25). The molecule has 0 radical (unpaired) electrons. The summed E-state index contributed by atoms with van der Waals surface area (Å²) in [4.78, 5) is 14.5. The zero-order valence-corrected chi connectivity index (χ0v) is 15.3. The van der Waals surface area contributed by atoms with Gasteiger partial charge < -0.3 is 15.4 Å². The highest BCUT2D eigenvalue weighted by Crippen LogP contribution is 2.14. The van der Waals surface area contributed by atoms with E-state index in [0.29, 0.717) is 13.1 Å². The summed E-state index contributed by atoms with van der Waals surface area (Å²) < 4.78 is 5.13. The molecule has 1 saturated heterocycles. The normalized spacial score (nSPS) is 14.2. The van der Waals surface area contributed by atoms with Crippen molar-refractivity contribution in [2.75, 3.05) is 20.2 Å². The van der Waals surface area contributed by atoms with Crippen LogP contribution in [0.4, 0.5) is 4.79 Å². The van der Waals surface area contributed by atoms with Crippen molar-refractivity contribution in [1.29, 1.82) is 0 Å². The number of nitrogens with one attached hydrogen (secondary N) is 2. The van der Waals surface area contributed by atoms with Crippen LogP contribution in [0.15, 0.2) is 48.5 Å². The smallest absolute Gasteiger partial charge is 0.315 e. The summed E-state index contributed by atoms with van der Waals surface area (Å²) in [6.45, 7) is 4.40. The number of carbonyl (C=O) groups is 1. The number of methoxy groups -OCH3 is 1. The molecule has 0 aliphatic carbocycles. The minimum Gasteiger partial charge on any atom is -0.497 e. The minimum absolute atomic E-state index is 0.161. The van der Waals surface area contributed by atoms with Gasteiger partial charge in [0, 0.05) is 19.6 Å². The van der Waals surface area contributed by atoms with Crippen molar-refractivity contribution in [1.82, 2.24) is 15.5 Å². The van der Waals surface area contributed by atoms with Crippen LogP contribution < -0.4 is 15.4 Å². The fourth-order valence-corrected chi connectivity index (χ4v) is 3.21. The Morgan fingerprint density at radius 3 is 2.31 bits per heavy atom. The molecule has 0 atom stereocenters.